The molecule has 0 aliphatic rings. The molecule has 12 heavy (non-hydrogen) atoms. The zero-order chi connectivity index (χ0) is 8.27. The first kappa shape index (κ1) is 11.3. The summed E-state index contributed by atoms with van der Waals surface area (Å²) in [6.07, 6.45) is 0. The molecule has 0 atom stereocenters. The Morgan fingerprint density at radius 1 is 1.42 bits per heavy atom. The van der Waals surface area contributed by atoms with Crippen LogP contribution in [0.3, 0.4) is 0 Å². The topological polar surface area (TPSA) is 29.1 Å². The molecule has 66 valence electrons. The lowest BCUT2D eigenvalue weighted by atomic mass is 10.2. The number of nitrogens with one attached hydrogen (secondary N) is 1. The first-order valence-electron chi connectivity index (χ1n) is 3.22. The lowest BCUT2D eigenvalue weighted by Crippen LogP contribution is -2.17. The quantitative estimate of drug-likeness (QED) is 0.749. The van der Waals surface area contributed by atoms with Gasteiger partial charge in [-0.05, 0) is 12.1 Å². The highest BCUT2D eigenvalue weighted by Gasteiger charge is 2.05. The molecule has 2 nitrogen and oxygen atoms in total. The average molecular weight is 206 g/mol. The van der Waals surface area contributed by atoms with Crippen molar-refractivity contribution >= 4 is 29.9 Å². The summed E-state index contributed by atoms with van der Waals surface area (Å²) in [5, 5.41) is 2.98. The van der Waals surface area contributed by atoms with E-state index in [-0.39, 0.29) is 18.3 Å². The van der Waals surface area contributed by atoms with Crippen LogP contribution >= 0.6 is 24.0 Å². The molecule has 1 amide bonds. The molecular weight excluding hydrogens is 197 g/mol. The molecule has 0 spiro atoms. The van der Waals surface area contributed by atoms with E-state index in [0.717, 1.165) is 0 Å². The summed E-state index contributed by atoms with van der Waals surface area (Å²) >= 11 is 5.74. The molecule has 1 aromatic carbocycles. The molecule has 1 N–H and O–H groups in total. The second-order valence-corrected chi connectivity index (χ2v) is 2.47. The second-order valence-electron chi connectivity index (χ2n) is 2.06. The fourth-order valence-corrected chi connectivity index (χ4v) is 1.00. The molecule has 0 heterocycles. The van der Waals surface area contributed by atoms with Gasteiger partial charge in [-0.3, -0.25) is 4.79 Å². The summed E-state index contributed by atoms with van der Waals surface area (Å²) < 4.78 is 0. The third kappa shape index (κ3) is 2.40. The van der Waals surface area contributed by atoms with Gasteiger partial charge < -0.3 is 5.32 Å². The number of hydrogen-bond acceptors (Lipinski definition) is 1. The fourth-order valence-electron chi connectivity index (χ4n) is 0.780. The number of carbonyl (C=O) groups excluding carboxylic acids is 1. The number of halogens is 2. The molecule has 0 unspecified atom stereocenters. The second kappa shape index (κ2) is 5.01. The van der Waals surface area contributed by atoms with Crippen LogP contribution in [0.15, 0.2) is 24.3 Å². The molecule has 1 aromatic rings. The summed E-state index contributed by atoms with van der Waals surface area (Å²) in [5.74, 6) is -0.157. The molecule has 4 heteroatoms. The van der Waals surface area contributed by atoms with Crippen LogP contribution in [0.4, 0.5) is 0 Å². The highest BCUT2D eigenvalue weighted by Crippen LogP contribution is 2.13. The summed E-state index contributed by atoms with van der Waals surface area (Å²) in [6, 6.07) is 6.93. The third-order valence-corrected chi connectivity index (χ3v) is 1.68. The molecule has 0 aliphatic heterocycles. The molecule has 0 fully saturated rings. The Balaban J connectivity index is 0.00000121. The molecular formula is C8H9Cl2NO. The SMILES string of the molecule is CNC(=O)c1ccccc1Cl.Cl. The maximum atomic E-state index is 11.0. The number of amides is 1. The van der Waals surface area contributed by atoms with Gasteiger partial charge in [0.25, 0.3) is 5.91 Å². The maximum absolute atomic E-state index is 11.0. The van der Waals surface area contributed by atoms with Gasteiger partial charge in [0, 0.05) is 7.05 Å². The van der Waals surface area contributed by atoms with E-state index in [2.05, 4.69) is 5.32 Å². The number of hydrogen-bond donors (Lipinski definition) is 1. The predicted octanol–water partition coefficient (Wildman–Crippen LogP) is 2.12. The summed E-state index contributed by atoms with van der Waals surface area (Å²) in [5.41, 5.74) is 0.511. The van der Waals surface area contributed by atoms with Gasteiger partial charge in [0.2, 0.25) is 0 Å². The Kier molecular flexibility index (Phi) is 4.71. The molecule has 0 saturated heterocycles. The van der Waals surface area contributed by atoms with Crippen molar-refractivity contribution in [1.29, 1.82) is 0 Å². The van der Waals surface area contributed by atoms with Gasteiger partial charge >= 0.3 is 0 Å². The van der Waals surface area contributed by atoms with Gasteiger partial charge in [0.1, 0.15) is 0 Å². The average Bonchev–Trinajstić information content (AvgIpc) is 2.04. The Morgan fingerprint density at radius 3 is 2.50 bits per heavy atom. The van der Waals surface area contributed by atoms with Gasteiger partial charge in [0.05, 0.1) is 10.6 Å². The predicted molar refractivity (Wildman–Crippen MR) is 52.1 cm³/mol. The Morgan fingerprint density at radius 2 is 2.00 bits per heavy atom. The lowest BCUT2D eigenvalue weighted by Gasteiger charge is -2.00. The van der Waals surface area contributed by atoms with Crippen LogP contribution in [0.2, 0.25) is 5.02 Å². The number of carbonyl (C=O) groups is 1. The van der Waals surface area contributed by atoms with Crippen LogP contribution in [0, 0.1) is 0 Å². The van der Waals surface area contributed by atoms with E-state index in [1.807, 2.05) is 0 Å². The van der Waals surface area contributed by atoms with Crippen molar-refractivity contribution in [2.75, 3.05) is 7.05 Å². The van der Waals surface area contributed by atoms with E-state index in [0.29, 0.717) is 10.6 Å². The maximum Gasteiger partial charge on any atom is 0.252 e. The zero-order valence-corrected chi connectivity index (χ0v) is 8.08. The highest BCUT2D eigenvalue weighted by atomic mass is 35.5. The molecule has 1 rings (SSSR count). The standard InChI is InChI=1S/C8H8ClNO.ClH/c1-10-8(11)6-4-2-3-5-7(6)9;/h2-5H,1H3,(H,10,11);1H. The Labute approximate surface area is 82.3 Å². The lowest BCUT2D eigenvalue weighted by molar-refractivity contribution is 0.0963. The van der Waals surface area contributed by atoms with Crippen LogP contribution in [-0.4, -0.2) is 13.0 Å². The first-order valence-corrected chi connectivity index (χ1v) is 3.60. The first-order chi connectivity index (χ1) is 5.25. The molecule has 0 bridgehead atoms. The normalized spacial score (nSPS) is 8.50. The van der Waals surface area contributed by atoms with Crippen molar-refractivity contribution < 1.29 is 4.79 Å². The largest absolute Gasteiger partial charge is 0.355 e. The fraction of sp³-hybridized carbons (Fsp3) is 0.125. The number of rotatable bonds is 1. The van der Waals surface area contributed by atoms with Crippen molar-refractivity contribution in [3.8, 4) is 0 Å². The minimum absolute atomic E-state index is 0. The van der Waals surface area contributed by atoms with Crippen LogP contribution in [0.1, 0.15) is 10.4 Å². The van der Waals surface area contributed by atoms with Gasteiger partial charge in [-0.15, -0.1) is 12.4 Å². The van der Waals surface area contributed by atoms with Gasteiger partial charge in [-0.1, -0.05) is 23.7 Å². The van der Waals surface area contributed by atoms with Gasteiger partial charge in [-0.2, -0.15) is 0 Å². The third-order valence-electron chi connectivity index (χ3n) is 1.35. The van der Waals surface area contributed by atoms with Crippen LogP contribution in [0.25, 0.3) is 0 Å². The van der Waals surface area contributed by atoms with Gasteiger partial charge in [0.15, 0.2) is 0 Å². The van der Waals surface area contributed by atoms with Crippen molar-refractivity contribution in [1.82, 2.24) is 5.32 Å². The zero-order valence-electron chi connectivity index (χ0n) is 6.50. The van der Waals surface area contributed by atoms with Gasteiger partial charge in [-0.25, -0.2) is 0 Å². The van der Waals surface area contributed by atoms with Crippen LogP contribution < -0.4 is 5.32 Å². The van der Waals surface area contributed by atoms with Crippen molar-refractivity contribution in [3.05, 3.63) is 34.9 Å². The van der Waals surface area contributed by atoms with E-state index in [4.69, 9.17) is 11.6 Å². The van der Waals surface area contributed by atoms with Crippen LogP contribution in [0.5, 0.6) is 0 Å². The molecule has 0 saturated carbocycles. The summed E-state index contributed by atoms with van der Waals surface area (Å²) in [7, 11) is 1.58. The van der Waals surface area contributed by atoms with Crippen molar-refractivity contribution in [2.24, 2.45) is 0 Å². The Bertz CT molecular complexity index is 276. The van der Waals surface area contributed by atoms with Crippen LogP contribution in [-0.2, 0) is 0 Å². The number of benzene rings is 1. The molecule has 0 aromatic heterocycles. The highest BCUT2D eigenvalue weighted by molar-refractivity contribution is 6.33. The van der Waals surface area contributed by atoms with Crippen molar-refractivity contribution in [3.63, 3.8) is 0 Å². The Hall–Kier alpha value is -0.730. The smallest absolute Gasteiger partial charge is 0.252 e. The summed E-state index contributed by atoms with van der Waals surface area (Å²) in [4.78, 5) is 11.0. The van der Waals surface area contributed by atoms with Crippen molar-refractivity contribution in [2.45, 2.75) is 0 Å². The van der Waals surface area contributed by atoms with E-state index < -0.39 is 0 Å². The monoisotopic (exact) mass is 205 g/mol. The van der Waals surface area contributed by atoms with E-state index in [9.17, 15) is 4.79 Å². The van der Waals surface area contributed by atoms with E-state index in [1.165, 1.54) is 0 Å². The minimum Gasteiger partial charge on any atom is -0.355 e. The molecule has 0 aliphatic carbocycles. The minimum atomic E-state index is -0.157. The molecule has 0 radical (unpaired) electrons. The van der Waals surface area contributed by atoms with E-state index in [1.54, 1.807) is 31.3 Å². The van der Waals surface area contributed by atoms with E-state index >= 15 is 0 Å². The summed E-state index contributed by atoms with van der Waals surface area (Å²) in [6.45, 7) is 0.